The molecule has 0 amide bonds. The molecule has 1 aromatic carbocycles. The normalized spacial score (nSPS) is 11.6. The molecule has 0 saturated heterocycles. The Morgan fingerprint density at radius 1 is 1.28 bits per heavy atom. The van der Waals surface area contributed by atoms with Gasteiger partial charge < -0.3 is 0 Å². The molecule has 0 N–H and O–H groups in total. The van der Waals surface area contributed by atoms with Gasteiger partial charge in [0, 0.05) is 15.4 Å². The fraction of sp³-hybridized carbons (Fsp3) is 0. The first-order chi connectivity index (χ1) is 8.65. The van der Waals surface area contributed by atoms with Crippen molar-refractivity contribution in [2.75, 3.05) is 0 Å². The van der Waals surface area contributed by atoms with E-state index in [2.05, 4.69) is 39.1 Å². The third kappa shape index (κ3) is 2.52. The van der Waals surface area contributed by atoms with Crippen molar-refractivity contribution in [3.8, 4) is 0 Å². The number of benzene rings is 1. The van der Waals surface area contributed by atoms with Crippen LogP contribution in [-0.4, -0.2) is 9.97 Å². The number of allylic oxidation sites excluding steroid dienone is 4. The van der Waals surface area contributed by atoms with E-state index in [1.54, 1.807) is 18.2 Å². The zero-order valence-electron chi connectivity index (χ0n) is 9.53. The van der Waals surface area contributed by atoms with Crippen LogP contribution in [-0.2, 0) is 0 Å². The fourth-order valence-electron chi connectivity index (χ4n) is 1.55. The number of fused-ring (bicyclic) bond motifs is 1. The lowest BCUT2D eigenvalue weighted by molar-refractivity contribution is 1.17. The van der Waals surface area contributed by atoms with Crippen molar-refractivity contribution < 1.29 is 0 Å². The number of nitrogens with zero attached hydrogens (tertiary/aromatic N) is 2. The first-order valence-corrected chi connectivity index (χ1v) is 6.41. The number of halogens is 2. The van der Waals surface area contributed by atoms with E-state index in [0.717, 1.165) is 20.9 Å². The highest BCUT2D eigenvalue weighted by atomic mass is 79.9. The van der Waals surface area contributed by atoms with Gasteiger partial charge in [0.25, 0.3) is 0 Å². The van der Waals surface area contributed by atoms with E-state index in [9.17, 15) is 0 Å². The van der Waals surface area contributed by atoms with E-state index in [1.165, 1.54) is 0 Å². The molecule has 0 spiro atoms. The molecule has 0 radical (unpaired) electrons. The highest BCUT2D eigenvalue weighted by Gasteiger charge is 2.08. The molecule has 0 atom stereocenters. The summed E-state index contributed by atoms with van der Waals surface area (Å²) in [6.07, 6.45) is 5.14. The summed E-state index contributed by atoms with van der Waals surface area (Å²) < 4.78 is 0.948. The Balaban J connectivity index is 2.71. The summed E-state index contributed by atoms with van der Waals surface area (Å²) in [7, 11) is 0. The average Bonchev–Trinajstić information content (AvgIpc) is 2.35. The highest BCUT2D eigenvalue weighted by Crippen LogP contribution is 2.25. The molecule has 0 saturated carbocycles. The first kappa shape index (κ1) is 13.0. The topological polar surface area (TPSA) is 25.8 Å². The molecular weight excluding hydrogens is 312 g/mol. The van der Waals surface area contributed by atoms with Crippen LogP contribution in [0.15, 0.2) is 54.1 Å². The Kier molecular flexibility index (Phi) is 3.94. The zero-order valence-corrected chi connectivity index (χ0v) is 11.9. The van der Waals surface area contributed by atoms with Crippen molar-refractivity contribution in [2.45, 2.75) is 0 Å². The lowest BCUT2D eigenvalue weighted by Gasteiger charge is -2.05. The standard InChI is InChI=1S/C14H10BrClN2/c1-3-5-9(4-2)14-17-12-8-10(15)6-7-11(12)13(16)18-14/h3-8H,1-2H2/b9-5+. The Morgan fingerprint density at radius 3 is 2.72 bits per heavy atom. The molecule has 0 aliphatic carbocycles. The van der Waals surface area contributed by atoms with E-state index < -0.39 is 0 Å². The number of hydrogen-bond acceptors (Lipinski definition) is 2. The molecule has 90 valence electrons. The molecule has 0 unspecified atom stereocenters. The molecular formula is C14H10BrClN2. The maximum atomic E-state index is 6.16. The van der Waals surface area contributed by atoms with Crippen LogP contribution >= 0.6 is 27.5 Å². The fourth-order valence-corrected chi connectivity index (χ4v) is 2.14. The van der Waals surface area contributed by atoms with Crippen molar-refractivity contribution in [2.24, 2.45) is 0 Å². The summed E-state index contributed by atoms with van der Waals surface area (Å²) in [4.78, 5) is 8.75. The Hall–Kier alpha value is -1.45. The second kappa shape index (κ2) is 5.46. The molecule has 1 aromatic heterocycles. The van der Waals surface area contributed by atoms with Crippen LogP contribution in [0.3, 0.4) is 0 Å². The van der Waals surface area contributed by atoms with Gasteiger partial charge in [-0.2, -0.15) is 0 Å². The predicted molar refractivity (Wildman–Crippen MR) is 80.6 cm³/mol. The van der Waals surface area contributed by atoms with Gasteiger partial charge in [-0.3, -0.25) is 0 Å². The van der Waals surface area contributed by atoms with Crippen LogP contribution in [0.1, 0.15) is 5.82 Å². The van der Waals surface area contributed by atoms with Crippen LogP contribution in [0.25, 0.3) is 16.5 Å². The second-order valence-electron chi connectivity index (χ2n) is 3.56. The van der Waals surface area contributed by atoms with Gasteiger partial charge >= 0.3 is 0 Å². The van der Waals surface area contributed by atoms with Crippen LogP contribution in [0.4, 0.5) is 0 Å². The third-order valence-electron chi connectivity index (χ3n) is 2.39. The molecule has 0 aliphatic heterocycles. The maximum Gasteiger partial charge on any atom is 0.161 e. The van der Waals surface area contributed by atoms with Crippen molar-refractivity contribution >= 4 is 44.0 Å². The lowest BCUT2D eigenvalue weighted by atomic mass is 10.2. The zero-order chi connectivity index (χ0) is 13.1. The molecule has 4 heteroatoms. The van der Waals surface area contributed by atoms with Crippen molar-refractivity contribution in [1.29, 1.82) is 0 Å². The molecule has 2 aromatic rings. The van der Waals surface area contributed by atoms with Gasteiger partial charge in [0.15, 0.2) is 5.82 Å². The minimum Gasteiger partial charge on any atom is -0.228 e. The van der Waals surface area contributed by atoms with Crippen LogP contribution in [0, 0.1) is 0 Å². The molecule has 0 aliphatic rings. The number of rotatable bonds is 3. The van der Waals surface area contributed by atoms with E-state index in [4.69, 9.17) is 11.6 Å². The Labute approximate surface area is 119 Å². The van der Waals surface area contributed by atoms with Gasteiger partial charge in [-0.1, -0.05) is 58.9 Å². The highest BCUT2D eigenvalue weighted by molar-refractivity contribution is 9.10. The summed E-state index contributed by atoms with van der Waals surface area (Å²) in [6, 6.07) is 5.70. The Morgan fingerprint density at radius 2 is 2.06 bits per heavy atom. The van der Waals surface area contributed by atoms with E-state index in [0.29, 0.717) is 11.0 Å². The minimum absolute atomic E-state index is 0.430. The SMILES string of the molecule is C=C/C=C(\C=C)c1nc(Cl)c2ccc(Br)cc2n1. The van der Waals surface area contributed by atoms with Gasteiger partial charge in [-0.15, -0.1) is 0 Å². The van der Waals surface area contributed by atoms with E-state index in [1.807, 2.05) is 18.2 Å². The van der Waals surface area contributed by atoms with Crippen molar-refractivity contribution in [3.05, 3.63) is 65.0 Å². The van der Waals surface area contributed by atoms with Crippen LogP contribution < -0.4 is 0 Å². The summed E-state index contributed by atoms with van der Waals surface area (Å²) in [5.74, 6) is 0.542. The van der Waals surface area contributed by atoms with Gasteiger partial charge in [0.1, 0.15) is 5.15 Å². The molecule has 1 heterocycles. The third-order valence-corrected chi connectivity index (χ3v) is 3.17. The average molecular weight is 322 g/mol. The summed E-state index contributed by atoms with van der Waals surface area (Å²) in [6.45, 7) is 7.39. The number of aromatic nitrogens is 2. The maximum absolute atomic E-state index is 6.16. The van der Waals surface area contributed by atoms with Crippen molar-refractivity contribution in [3.63, 3.8) is 0 Å². The number of hydrogen-bond donors (Lipinski definition) is 0. The minimum atomic E-state index is 0.430. The summed E-state index contributed by atoms with van der Waals surface area (Å²) in [5.41, 5.74) is 1.57. The molecule has 0 fully saturated rings. The van der Waals surface area contributed by atoms with Gasteiger partial charge in [0.2, 0.25) is 0 Å². The molecule has 2 rings (SSSR count). The summed E-state index contributed by atoms with van der Waals surface area (Å²) >= 11 is 9.57. The summed E-state index contributed by atoms with van der Waals surface area (Å²) in [5, 5.41) is 1.25. The predicted octanol–water partition coefficient (Wildman–Crippen LogP) is 4.80. The largest absolute Gasteiger partial charge is 0.228 e. The van der Waals surface area contributed by atoms with Crippen LogP contribution in [0.2, 0.25) is 5.15 Å². The van der Waals surface area contributed by atoms with E-state index >= 15 is 0 Å². The van der Waals surface area contributed by atoms with Crippen LogP contribution in [0.5, 0.6) is 0 Å². The monoisotopic (exact) mass is 320 g/mol. The molecule has 0 bridgehead atoms. The quantitative estimate of drug-likeness (QED) is 0.599. The second-order valence-corrected chi connectivity index (χ2v) is 4.84. The molecule has 18 heavy (non-hydrogen) atoms. The Bertz CT molecular complexity index is 662. The van der Waals surface area contributed by atoms with Gasteiger partial charge in [0.05, 0.1) is 5.52 Å². The lowest BCUT2D eigenvalue weighted by Crippen LogP contribution is -1.94. The smallest absolute Gasteiger partial charge is 0.161 e. The first-order valence-electron chi connectivity index (χ1n) is 5.24. The van der Waals surface area contributed by atoms with E-state index in [-0.39, 0.29) is 0 Å². The van der Waals surface area contributed by atoms with Crippen molar-refractivity contribution in [1.82, 2.24) is 9.97 Å². The molecule has 2 nitrogen and oxygen atoms in total. The van der Waals surface area contributed by atoms with Gasteiger partial charge in [-0.25, -0.2) is 9.97 Å². The van der Waals surface area contributed by atoms with Gasteiger partial charge in [-0.05, 0) is 18.2 Å².